The van der Waals surface area contributed by atoms with Crippen LogP contribution in [0.3, 0.4) is 0 Å². The Morgan fingerprint density at radius 2 is 1.84 bits per heavy atom. The Labute approximate surface area is 136 Å². The van der Waals surface area contributed by atoms with E-state index in [-0.39, 0.29) is 6.04 Å². The summed E-state index contributed by atoms with van der Waals surface area (Å²) in [6.45, 7) is 0. The number of rotatable bonds is 2. The quantitative estimate of drug-likeness (QED) is 0.651. The van der Waals surface area contributed by atoms with Crippen LogP contribution in [0.15, 0.2) is 13.6 Å². The smallest absolute Gasteiger partial charge is 0.0758 e. The monoisotopic (exact) mass is 405 g/mol. The third-order valence-corrected chi connectivity index (χ3v) is 7.52. The zero-order valence-electron chi connectivity index (χ0n) is 11.1. The van der Waals surface area contributed by atoms with Crippen molar-refractivity contribution in [2.45, 2.75) is 51.0 Å². The van der Waals surface area contributed by atoms with Gasteiger partial charge in [-0.05, 0) is 80.5 Å². The van der Waals surface area contributed by atoms with Gasteiger partial charge in [-0.3, -0.25) is 0 Å². The minimum absolute atomic E-state index is 0.208. The number of thiophene rings is 1. The summed E-state index contributed by atoms with van der Waals surface area (Å²) in [6, 6.07) is 2.41. The molecule has 4 unspecified atom stereocenters. The van der Waals surface area contributed by atoms with Crippen LogP contribution in [0, 0.1) is 17.8 Å². The second-order valence-corrected chi connectivity index (χ2v) is 9.93. The maximum absolute atomic E-state index is 6.56. The number of fused-ring (bicyclic) bond motifs is 1. The fraction of sp³-hybridized carbons (Fsp3) is 0.733. The van der Waals surface area contributed by atoms with Gasteiger partial charge in [0, 0.05) is 6.04 Å². The van der Waals surface area contributed by atoms with Crippen molar-refractivity contribution >= 4 is 43.2 Å². The van der Waals surface area contributed by atoms with Crippen molar-refractivity contribution in [1.29, 1.82) is 0 Å². The highest BCUT2D eigenvalue weighted by Gasteiger charge is 2.35. The third-order valence-electron chi connectivity index (χ3n) is 5.13. The van der Waals surface area contributed by atoms with Gasteiger partial charge in [-0.2, -0.15) is 0 Å². The molecule has 19 heavy (non-hydrogen) atoms. The summed E-state index contributed by atoms with van der Waals surface area (Å²) >= 11 is 8.96. The summed E-state index contributed by atoms with van der Waals surface area (Å²) in [7, 11) is 0. The predicted molar refractivity (Wildman–Crippen MR) is 89.4 cm³/mol. The Morgan fingerprint density at radius 1 is 1.11 bits per heavy atom. The van der Waals surface area contributed by atoms with Gasteiger partial charge in [0.15, 0.2) is 0 Å². The Hall–Kier alpha value is 0.620. The summed E-state index contributed by atoms with van der Waals surface area (Å²) in [5.41, 5.74) is 7.86. The van der Waals surface area contributed by atoms with Crippen molar-refractivity contribution < 1.29 is 0 Å². The molecule has 2 N–H and O–H groups in total. The number of hydrogen-bond acceptors (Lipinski definition) is 2. The topological polar surface area (TPSA) is 26.0 Å². The molecule has 4 atom stereocenters. The van der Waals surface area contributed by atoms with E-state index >= 15 is 0 Å². The molecule has 2 fully saturated rings. The first-order valence-corrected chi connectivity index (χ1v) is 9.75. The summed E-state index contributed by atoms with van der Waals surface area (Å²) < 4.78 is 2.38. The van der Waals surface area contributed by atoms with Crippen LogP contribution in [0.25, 0.3) is 0 Å². The molecule has 2 aliphatic carbocycles. The Morgan fingerprint density at radius 3 is 2.53 bits per heavy atom. The molecule has 106 valence electrons. The Balaban J connectivity index is 1.70. The van der Waals surface area contributed by atoms with E-state index in [1.807, 2.05) is 0 Å². The van der Waals surface area contributed by atoms with Crippen LogP contribution < -0.4 is 5.73 Å². The zero-order valence-corrected chi connectivity index (χ0v) is 15.1. The predicted octanol–water partition coefficient (Wildman–Crippen LogP) is 5.88. The highest BCUT2D eigenvalue weighted by molar-refractivity contribution is 9.12. The summed E-state index contributed by atoms with van der Waals surface area (Å²) in [5, 5.41) is 0. The van der Waals surface area contributed by atoms with E-state index < -0.39 is 0 Å². The second-order valence-electron chi connectivity index (χ2n) is 6.18. The van der Waals surface area contributed by atoms with Gasteiger partial charge in [-0.15, -0.1) is 11.3 Å². The highest BCUT2D eigenvalue weighted by atomic mass is 79.9. The first-order valence-electron chi connectivity index (χ1n) is 7.35. The van der Waals surface area contributed by atoms with E-state index in [4.69, 9.17) is 5.73 Å². The fourth-order valence-electron chi connectivity index (χ4n) is 4.07. The first kappa shape index (κ1) is 14.6. The lowest BCUT2D eigenvalue weighted by Gasteiger charge is -2.41. The lowest BCUT2D eigenvalue weighted by molar-refractivity contribution is 0.117. The van der Waals surface area contributed by atoms with Crippen LogP contribution in [-0.2, 0) is 0 Å². The van der Waals surface area contributed by atoms with Gasteiger partial charge in [0.25, 0.3) is 0 Å². The van der Waals surface area contributed by atoms with Gasteiger partial charge in [0.1, 0.15) is 0 Å². The second kappa shape index (κ2) is 6.17. The van der Waals surface area contributed by atoms with Crippen molar-refractivity contribution in [1.82, 2.24) is 0 Å². The van der Waals surface area contributed by atoms with Crippen LogP contribution >= 0.6 is 43.2 Å². The maximum atomic E-state index is 6.56. The molecule has 2 saturated carbocycles. The summed E-state index contributed by atoms with van der Waals surface area (Å²) in [6.07, 6.45) is 9.90. The van der Waals surface area contributed by atoms with E-state index in [0.29, 0.717) is 5.92 Å². The molecule has 0 bridgehead atoms. The first-order chi connectivity index (χ1) is 9.15. The van der Waals surface area contributed by atoms with Crippen LogP contribution in [0.2, 0.25) is 0 Å². The lowest BCUT2D eigenvalue weighted by Crippen LogP contribution is -2.33. The molecule has 0 aromatic carbocycles. The van der Waals surface area contributed by atoms with Crippen LogP contribution in [-0.4, -0.2) is 0 Å². The maximum Gasteiger partial charge on any atom is 0.0758 e. The summed E-state index contributed by atoms with van der Waals surface area (Å²) in [4.78, 5) is 0. The lowest BCUT2D eigenvalue weighted by atomic mass is 9.66. The fourth-order valence-corrected chi connectivity index (χ4v) is 7.03. The standard InChI is InChI=1S/C15H21Br2NS/c16-13-8-12(15(17)19-13)14(18)11-6-5-9-3-1-2-4-10(9)7-11/h8-11,14H,1-7,18H2. The summed E-state index contributed by atoms with van der Waals surface area (Å²) in [5.74, 6) is 2.64. The minimum Gasteiger partial charge on any atom is -0.324 e. The van der Waals surface area contributed by atoms with Gasteiger partial charge >= 0.3 is 0 Å². The van der Waals surface area contributed by atoms with Crippen molar-refractivity contribution in [3.05, 3.63) is 19.2 Å². The van der Waals surface area contributed by atoms with E-state index in [0.717, 1.165) is 11.8 Å². The van der Waals surface area contributed by atoms with Gasteiger partial charge < -0.3 is 5.73 Å². The average Bonchev–Trinajstić information content (AvgIpc) is 2.76. The highest BCUT2D eigenvalue weighted by Crippen LogP contribution is 2.47. The van der Waals surface area contributed by atoms with Crippen molar-refractivity contribution in [3.63, 3.8) is 0 Å². The minimum atomic E-state index is 0.208. The van der Waals surface area contributed by atoms with Gasteiger partial charge in [0.05, 0.1) is 7.57 Å². The van der Waals surface area contributed by atoms with Crippen LogP contribution in [0.4, 0.5) is 0 Å². The molecule has 1 nitrogen and oxygen atoms in total. The molecule has 1 aromatic heterocycles. The Bertz CT molecular complexity index is 445. The van der Waals surface area contributed by atoms with E-state index in [1.54, 1.807) is 11.3 Å². The van der Waals surface area contributed by atoms with Crippen LogP contribution in [0.1, 0.15) is 56.6 Å². The Kier molecular flexibility index (Phi) is 4.72. The largest absolute Gasteiger partial charge is 0.324 e. The van der Waals surface area contributed by atoms with Gasteiger partial charge in [0.2, 0.25) is 0 Å². The number of halogens is 2. The van der Waals surface area contributed by atoms with Crippen molar-refractivity contribution in [2.75, 3.05) is 0 Å². The van der Waals surface area contributed by atoms with Crippen molar-refractivity contribution in [2.24, 2.45) is 23.5 Å². The molecule has 0 spiro atoms. The molecule has 0 saturated heterocycles. The molecule has 4 heteroatoms. The molecule has 3 rings (SSSR count). The van der Waals surface area contributed by atoms with Crippen LogP contribution in [0.5, 0.6) is 0 Å². The third kappa shape index (κ3) is 3.12. The molecule has 0 amide bonds. The number of nitrogens with two attached hydrogens (primary N) is 1. The molecular weight excluding hydrogens is 386 g/mol. The normalized spacial score (nSPS) is 32.9. The van der Waals surface area contributed by atoms with Gasteiger partial charge in [-0.1, -0.05) is 25.7 Å². The molecule has 2 aliphatic rings. The molecule has 0 radical (unpaired) electrons. The zero-order chi connectivity index (χ0) is 13.4. The van der Waals surface area contributed by atoms with E-state index in [2.05, 4.69) is 37.9 Å². The van der Waals surface area contributed by atoms with E-state index in [9.17, 15) is 0 Å². The molecular formula is C15H21Br2NS. The SMILES string of the molecule is NC(c1cc(Br)sc1Br)C1CCC2CCCCC2C1. The average molecular weight is 407 g/mol. The number of hydrogen-bond donors (Lipinski definition) is 1. The molecule has 1 aromatic rings. The van der Waals surface area contributed by atoms with Crippen molar-refractivity contribution in [3.8, 4) is 0 Å². The van der Waals surface area contributed by atoms with E-state index in [1.165, 1.54) is 58.1 Å². The molecule has 0 aliphatic heterocycles. The molecule has 1 heterocycles. The van der Waals surface area contributed by atoms with Gasteiger partial charge in [-0.25, -0.2) is 0 Å².